The third kappa shape index (κ3) is 22.7. The van der Waals surface area contributed by atoms with E-state index >= 15 is 0 Å². The predicted octanol–water partition coefficient (Wildman–Crippen LogP) is 1.43. The minimum atomic E-state index is -0.833. The van der Waals surface area contributed by atoms with Crippen molar-refractivity contribution in [3.05, 3.63) is 0 Å². The Balaban J connectivity index is 0. The summed E-state index contributed by atoms with van der Waals surface area (Å²) < 4.78 is 4.61. The van der Waals surface area contributed by atoms with Crippen molar-refractivity contribution in [2.75, 3.05) is 11.9 Å². The van der Waals surface area contributed by atoms with Crippen LogP contribution in [0, 0.1) is 0 Å². The lowest BCUT2D eigenvalue weighted by atomic mass is 10.5. The first-order chi connectivity index (χ1) is 5.54. The molecule has 0 unspecified atom stereocenters. The van der Waals surface area contributed by atoms with Crippen molar-refractivity contribution in [1.82, 2.24) is 0 Å². The van der Waals surface area contributed by atoms with Crippen LogP contribution < -0.4 is 0 Å². The largest absolute Gasteiger partial charge is 0.481 e. The van der Waals surface area contributed by atoms with Crippen LogP contribution in [0.3, 0.4) is 0 Å². The zero-order valence-electron chi connectivity index (χ0n) is 7.17. The Kier molecular flexibility index (Phi) is 12.1. The molecule has 0 aromatic rings. The van der Waals surface area contributed by atoms with E-state index in [1.807, 2.05) is 0 Å². The third-order valence-corrected chi connectivity index (χ3v) is 1.00. The number of halogens is 1. The molecule has 0 saturated carbocycles. The second-order valence-corrected chi connectivity index (χ2v) is 2.56. The Morgan fingerprint density at radius 2 is 1.92 bits per heavy atom. The van der Waals surface area contributed by atoms with E-state index in [9.17, 15) is 4.79 Å². The maximum atomic E-state index is 10.4. The quantitative estimate of drug-likeness (QED) is 0.599. The van der Waals surface area contributed by atoms with Crippen molar-refractivity contribution in [3.63, 3.8) is 0 Å². The van der Waals surface area contributed by atoms with Crippen LogP contribution in [-0.4, -0.2) is 29.0 Å². The average molecular weight is 241 g/mol. The Morgan fingerprint density at radius 1 is 1.50 bits per heavy atom. The Labute approximate surface area is 80.0 Å². The number of ether oxygens (including phenoxy) is 1. The van der Waals surface area contributed by atoms with Gasteiger partial charge in [-0.25, -0.2) is 0 Å². The van der Waals surface area contributed by atoms with E-state index in [4.69, 9.17) is 9.90 Å². The summed E-state index contributed by atoms with van der Waals surface area (Å²) in [7, 11) is 0. The van der Waals surface area contributed by atoms with E-state index in [0.29, 0.717) is 18.4 Å². The average Bonchev–Trinajstić information content (AvgIpc) is 1.87. The lowest BCUT2D eigenvalue weighted by Crippen LogP contribution is -2.03. The van der Waals surface area contributed by atoms with Gasteiger partial charge in [0.1, 0.15) is 0 Å². The lowest BCUT2D eigenvalue weighted by Gasteiger charge is -1.95. The highest BCUT2D eigenvalue weighted by atomic mass is 79.9. The first kappa shape index (κ1) is 14.0. The molecule has 0 amide bonds. The molecule has 0 aliphatic rings. The first-order valence-electron chi connectivity index (χ1n) is 3.45. The van der Waals surface area contributed by atoms with Gasteiger partial charge in [0.2, 0.25) is 0 Å². The highest BCUT2D eigenvalue weighted by molar-refractivity contribution is 9.09. The summed E-state index contributed by atoms with van der Waals surface area (Å²) in [6, 6.07) is 0. The molecule has 0 saturated heterocycles. The standard InChI is InChI=1S/C5H9BrO2.C2H4O2/c1-2-8-5(7)3-4-6;1-2(3)4/h2-4H2,1H3;1H3,(H,3,4). The molecule has 4 nitrogen and oxygen atoms in total. The second kappa shape index (κ2) is 10.4. The lowest BCUT2D eigenvalue weighted by molar-refractivity contribution is -0.142. The number of aliphatic carboxylic acids is 1. The number of hydrogen-bond acceptors (Lipinski definition) is 3. The molecule has 0 rings (SSSR count). The number of rotatable bonds is 3. The van der Waals surface area contributed by atoms with Gasteiger partial charge in [-0.3, -0.25) is 9.59 Å². The molecule has 0 aliphatic heterocycles. The second-order valence-electron chi connectivity index (χ2n) is 1.76. The topological polar surface area (TPSA) is 63.6 Å². The molecule has 0 aliphatic carbocycles. The monoisotopic (exact) mass is 240 g/mol. The number of esters is 1. The molecule has 0 aromatic carbocycles. The zero-order valence-corrected chi connectivity index (χ0v) is 8.76. The van der Waals surface area contributed by atoms with Crippen molar-refractivity contribution >= 4 is 27.9 Å². The highest BCUT2D eigenvalue weighted by Crippen LogP contribution is 1.89. The fourth-order valence-corrected chi connectivity index (χ4v) is 0.634. The van der Waals surface area contributed by atoms with Crippen molar-refractivity contribution in [2.24, 2.45) is 0 Å². The molecule has 0 radical (unpaired) electrons. The minimum absolute atomic E-state index is 0.135. The SMILES string of the molecule is CC(=O)O.CCOC(=O)CCBr. The van der Waals surface area contributed by atoms with Gasteiger partial charge in [-0.2, -0.15) is 0 Å². The minimum Gasteiger partial charge on any atom is -0.481 e. The summed E-state index contributed by atoms with van der Waals surface area (Å²) in [5.74, 6) is -0.968. The van der Waals surface area contributed by atoms with Crippen molar-refractivity contribution < 1.29 is 19.4 Å². The van der Waals surface area contributed by atoms with Gasteiger partial charge < -0.3 is 9.84 Å². The van der Waals surface area contributed by atoms with Crippen LogP contribution in [0.2, 0.25) is 0 Å². The van der Waals surface area contributed by atoms with Gasteiger partial charge >= 0.3 is 5.97 Å². The van der Waals surface area contributed by atoms with Gasteiger partial charge in [0.25, 0.3) is 5.97 Å². The maximum Gasteiger partial charge on any atom is 0.306 e. The Hall–Kier alpha value is -0.580. The van der Waals surface area contributed by atoms with Crippen LogP contribution in [0.4, 0.5) is 0 Å². The molecule has 1 N–H and O–H groups in total. The van der Waals surface area contributed by atoms with E-state index in [0.717, 1.165) is 6.92 Å². The van der Waals surface area contributed by atoms with Crippen molar-refractivity contribution in [3.8, 4) is 0 Å². The molecular weight excluding hydrogens is 228 g/mol. The first-order valence-corrected chi connectivity index (χ1v) is 4.57. The normalized spacial score (nSPS) is 7.92. The molecule has 0 fully saturated rings. The van der Waals surface area contributed by atoms with E-state index in [2.05, 4.69) is 20.7 Å². The van der Waals surface area contributed by atoms with Crippen molar-refractivity contribution in [2.45, 2.75) is 20.3 Å². The number of carboxylic acid groups (broad SMARTS) is 1. The number of alkyl halides is 1. The summed E-state index contributed by atoms with van der Waals surface area (Å²) in [4.78, 5) is 19.4. The molecule has 12 heavy (non-hydrogen) atoms. The number of carbonyl (C=O) groups is 2. The van der Waals surface area contributed by atoms with Gasteiger partial charge in [0, 0.05) is 12.3 Å². The van der Waals surface area contributed by atoms with Crippen molar-refractivity contribution in [1.29, 1.82) is 0 Å². The maximum absolute atomic E-state index is 10.4. The van der Waals surface area contributed by atoms with Crippen LogP contribution in [0.1, 0.15) is 20.3 Å². The number of carbonyl (C=O) groups excluding carboxylic acids is 1. The Morgan fingerprint density at radius 3 is 2.17 bits per heavy atom. The summed E-state index contributed by atoms with van der Waals surface area (Å²) >= 11 is 3.12. The summed E-state index contributed by atoms with van der Waals surface area (Å²) in [6.07, 6.45) is 0.466. The molecule has 0 aromatic heterocycles. The van der Waals surface area contributed by atoms with Crippen LogP contribution in [0.15, 0.2) is 0 Å². The fourth-order valence-electron chi connectivity index (χ4n) is 0.310. The summed E-state index contributed by atoms with van der Waals surface area (Å²) in [5, 5.41) is 8.10. The van der Waals surface area contributed by atoms with Gasteiger partial charge in [0.15, 0.2) is 0 Å². The molecular formula is C7H13BrO4. The molecule has 72 valence electrons. The fraction of sp³-hybridized carbons (Fsp3) is 0.714. The molecule has 0 spiro atoms. The van der Waals surface area contributed by atoms with Gasteiger partial charge in [-0.05, 0) is 6.92 Å². The van der Waals surface area contributed by atoms with E-state index in [1.165, 1.54) is 0 Å². The van der Waals surface area contributed by atoms with Gasteiger partial charge in [-0.1, -0.05) is 15.9 Å². The highest BCUT2D eigenvalue weighted by Gasteiger charge is 1.96. The summed E-state index contributed by atoms with van der Waals surface area (Å²) in [5.41, 5.74) is 0. The number of hydrogen-bond donors (Lipinski definition) is 1. The smallest absolute Gasteiger partial charge is 0.306 e. The van der Waals surface area contributed by atoms with E-state index in [1.54, 1.807) is 6.92 Å². The molecule has 5 heteroatoms. The van der Waals surface area contributed by atoms with E-state index < -0.39 is 5.97 Å². The van der Waals surface area contributed by atoms with Crippen LogP contribution in [0.25, 0.3) is 0 Å². The zero-order chi connectivity index (χ0) is 9.98. The van der Waals surface area contributed by atoms with Crippen LogP contribution in [-0.2, 0) is 14.3 Å². The Bertz CT molecular complexity index is 123. The van der Waals surface area contributed by atoms with E-state index in [-0.39, 0.29) is 5.97 Å². The predicted molar refractivity (Wildman–Crippen MR) is 48.4 cm³/mol. The third-order valence-electron chi connectivity index (χ3n) is 0.604. The molecule has 0 bridgehead atoms. The van der Waals surface area contributed by atoms with Gasteiger partial charge in [0.05, 0.1) is 13.0 Å². The number of carboxylic acids is 1. The molecule has 0 atom stereocenters. The van der Waals surface area contributed by atoms with Gasteiger partial charge in [-0.15, -0.1) is 0 Å². The van der Waals surface area contributed by atoms with Crippen LogP contribution >= 0.6 is 15.9 Å². The molecule has 0 heterocycles. The van der Waals surface area contributed by atoms with Crippen LogP contribution in [0.5, 0.6) is 0 Å². The summed E-state index contributed by atoms with van der Waals surface area (Å²) in [6.45, 7) is 3.36.